The predicted molar refractivity (Wildman–Crippen MR) is 125 cm³/mol. The number of rotatable bonds is 5. The molecule has 0 spiro atoms. The summed E-state index contributed by atoms with van der Waals surface area (Å²) in [5, 5.41) is 7.98. The van der Waals surface area contributed by atoms with E-state index in [9.17, 15) is 4.79 Å². The van der Waals surface area contributed by atoms with Crippen LogP contribution in [0.25, 0.3) is 16.9 Å². The molecule has 7 nitrogen and oxygen atoms in total. The Morgan fingerprint density at radius 1 is 1.28 bits per heavy atom. The minimum Gasteiger partial charge on any atom is -0.488 e. The molecule has 32 heavy (non-hydrogen) atoms. The monoisotopic (exact) mass is 427 g/mol. The first-order valence-electron chi connectivity index (χ1n) is 11.1. The van der Waals surface area contributed by atoms with E-state index in [0.717, 1.165) is 55.1 Å². The number of benzene rings is 1. The van der Waals surface area contributed by atoms with E-state index in [1.54, 1.807) is 17.0 Å². The van der Waals surface area contributed by atoms with Crippen molar-refractivity contribution in [2.75, 3.05) is 25.0 Å². The summed E-state index contributed by atoms with van der Waals surface area (Å²) in [5.41, 5.74) is 4.31. The fourth-order valence-corrected chi connectivity index (χ4v) is 4.46. The Morgan fingerprint density at radius 3 is 2.84 bits per heavy atom. The smallest absolute Gasteiger partial charge is 0.263 e. The molecule has 162 valence electrons. The highest BCUT2D eigenvalue weighted by molar-refractivity contribution is 6.36. The summed E-state index contributed by atoms with van der Waals surface area (Å²) in [4.78, 5) is 19.2. The van der Waals surface area contributed by atoms with Gasteiger partial charge in [-0.1, -0.05) is 24.3 Å². The molecular formula is C24H26BN5O2. The zero-order valence-electron chi connectivity index (χ0n) is 18.2. The van der Waals surface area contributed by atoms with Crippen molar-refractivity contribution >= 4 is 30.7 Å². The SMILES string of the molecule is [B]c1cnn2c(NCC3CCN(C(=O)C4CC=CO4)CC3)cc(-c3ccccc3C)nc12. The van der Waals surface area contributed by atoms with Gasteiger partial charge in [0.05, 0.1) is 12.0 Å². The van der Waals surface area contributed by atoms with Gasteiger partial charge in [-0.15, -0.1) is 0 Å². The molecule has 4 heterocycles. The molecule has 0 bridgehead atoms. The number of piperidine rings is 1. The lowest BCUT2D eigenvalue weighted by molar-refractivity contribution is -0.140. The number of ether oxygens (including phenoxy) is 1. The van der Waals surface area contributed by atoms with Gasteiger partial charge in [0.2, 0.25) is 0 Å². The van der Waals surface area contributed by atoms with Crippen molar-refractivity contribution in [3.05, 3.63) is 54.4 Å². The van der Waals surface area contributed by atoms with E-state index >= 15 is 0 Å². The second-order valence-electron chi connectivity index (χ2n) is 8.56. The van der Waals surface area contributed by atoms with E-state index in [4.69, 9.17) is 17.6 Å². The van der Waals surface area contributed by atoms with Crippen molar-refractivity contribution in [2.45, 2.75) is 32.3 Å². The molecule has 1 saturated heterocycles. The van der Waals surface area contributed by atoms with Gasteiger partial charge < -0.3 is 15.0 Å². The third kappa shape index (κ3) is 3.97. The van der Waals surface area contributed by atoms with Gasteiger partial charge >= 0.3 is 0 Å². The molecule has 1 fully saturated rings. The van der Waals surface area contributed by atoms with Gasteiger partial charge in [-0.2, -0.15) is 9.61 Å². The van der Waals surface area contributed by atoms with Gasteiger partial charge in [0.1, 0.15) is 13.7 Å². The number of nitrogens with one attached hydrogen (secondary N) is 1. The number of aryl methyl sites for hydroxylation is 1. The van der Waals surface area contributed by atoms with Gasteiger partial charge in [0.25, 0.3) is 5.91 Å². The lowest BCUT2D eigenvalue weighted by Crippen LogP contribution is -2.44. The summed E-state index contributed by atoms with van der Waals surface area (Å²) in [6, 6.07) is 10.2. The second kappa shape index (κ2) is 8.69. The Kier molecular flexibility index (Phi) is 5.60. The summed E-state index contributed by atoms with van der Waals surface area (Å²) in [6.45, 7) is 4.41. The van der Waals surface area contributed by atoms with E-state index in [1.807, 2.05) is 29.2 Å². The maximum atomic E-state index is 12.5. The molecule has 1 aromatic carbocycles. The first-order chi connectivity index (χ1) is 15.6. The zero-order chi connectivity index (χ0) is 22.1. The molecule has 3 aromatic rings. The van der Waals surface area contributed by atoms with Crippen molar-refractivity contribution in [3.63, 3.8) is 0 Å². The Morgan fingerprint density at radius 2 is 2.09 bits per heavy atom. The highest BCUT2D eigenvalue weighted by Gasteiger charge is 2.29. The van der Waals surface area contributed by atoms with E-state index in [-0.39, 0.29) is 12.0 Å². The predicted octanol–water partition coefficient (Wildman–Crippen LogP) is 2.45. The third-order valence-corrected chi connectivity index (χ3v) is 6.38. The minimum atomic E-state index is -0.333. The van der Waals surface area contributed by atoms with Crippen molar-refractivity contribution in [1.29, 1.82) is 0 Å². The molecule has 5 rings (SSSR count). The first-order valence-corrected chi connectivity index (χ1v) is 11.1. The molecule has 2 aliphatic rings. The van der Waals surface area contributed by atoms with Crippen LogP contribution in [0.15, 0.2) is 48.9 Å². The molecule has 2 radical (unpaired) electrons. The summed E-state index contributed by atoms with van der Waals surface area (Å²) in [7, 11) is 6.14. The van der Waals surface area contributed by atoms with Crippen LogP contribution in [-0.2, 0) is 9.53 Å². The normalized spacial score (nSPS) is 18.8. The number of aromatic nitrogens is 3. The fraction of sp³-hybridized carbons (Fsp3) is 0.375. The van der Waals surface area contributed by atoms with Gasteiger partial charge in [-0.3, -0.25) is 4.79 Å². The number of likely N-dealkylation sites (tertiary alicyclic amines) is 1. The Labute approximate surface area is 188 Å². The topological polar surface area (TPSA) is 71.8 Å². The lowest BCUT2D eigenvalue weighted by Gasteiger charge is -2.33. The van der Waals surface area contributed by atoms with E-state index in [1.165, 1.54) is 0 Å². The maximum Gasteiger partial charge on any atom is 0.263 e. The largest absolute Gasteiger partial charge is 0.488 e. The minimum absolute atomic E-state index is 0.104. The van der Waals surface area contributed by atoms with Crippen LogP contribution in [0, 0.1) is 12.8 Å². The van der Waals surface area contributed by atoms with Crippen LogP contribution in [0.3, 0.4) is 0 Å². The van der Waals surface area contributed by atoms with Crippen LogP contribution in [0.1, 0.15) is 24.8 Å². The van der Waals surface area contributed by atoms with Gasteiger partial charge in [0, 0.05) is 43.9 Å². The van der Waals surface area contributed by atoms with Crippen molar-refractivity contribution in [3.8, 4) is 11.3 Å². The lowest BCUT2D eigenvalue weighted by atomic mass is 9.96. The molecule has 0 aliphatic carbocycles. The number of amides is 1. The molecule has 1 unspecified atom stereocenters. The molecule has 1 atom stereocenters. The van der Waals surface area contributed by atoms with E-state index < -0.39 is 0 Å². The Bertz CT molecular complexity index is 1160. The van der Waals surface area contributed by atoms with Crippen molar-refractivity contribution < 1.29 is 9.53 Å². The molecule has 2 aromatic heterocycles. The average molecular weight is 427 g/mol. The quantitative estimate of drug-likeness (QED) is 0.634. The van der Waals surface area contributed by atoms with Crippen LogP contribution in [-0.4, -0.2) is 59.0 Å². The summed E-state index contributed by atoms with van der Waals surface area (Å²) in [5.74, 6) is 1.45. The highest BCUT2D eigenvalue weighted by Crippen LogP contribution is 2.26. The van der Waals surface area contributed by atoms with Crippen LogP contribution < -0.4 is 10.8 Å². The number of anilines is 1. The fourth-order valence-electron chi connectivity index (χ4n) is 4.46. The number of hydrogen-bond donors (Lipinski definition) is 1. The van der Waals surface area contributed by atoms with Crippen LogP contribution >= 0.6 is 0 Å². The van der Waals surface area contributed by atoms with Crippen molar-refractivity contribution in [2.24, 2.45) is 5.92 Å². The van der Waals surface area contributed by atoms with Gasteiger partial charge in [-0.25, -0.2) is 4.98 Å². The van der Waals surface area contributed by atoms with Crippen LogP contribution in [0.4, 0.5) is 5.82 Å². The van der Waals surface area contributed by atoms with E-state index in [0.29, 0.717) is 23.4 Å². The van der Waals surface area contributed by atoms with Gasteiger partial charge in [0.15, 0.2) is 11.8 Å². The summed E-state index contributed by atoms with van der Waals surface area (Å²) in [6.07, 6.45) is 7.43. The van der Waals surface area contributed by atoms with E-state index in [2.05, 4.69) is 29.5 Å². The molecule has 1 N–H and O–H groups in total. The Hall–Kier alpha value is -3.29. The maximum absolute atomic E-state index is 12.5. The van der Waals surface area contributed by atoms with Crippen LogP contribution in [0.5, 0.6) is 0 Å². The second-order valence-corrected chi connectivity index (χ2v) is 8.56. The summed E-state index contributed by atoms with van der Waals surface area (Å²) >= 11 is 0. The molecular weight excluding hydrogens is 401 g/mol. The Balaban J connectivity index is 1.28. The molecule has 8 heteroatoms. The first kappa shape index (κ1) is 20.6. The third-order valence-electron chi connectivity index (χ3n) is 6.38. The number of fused-ring (bicyclic) bond motifs is 1. The standard InChI is InChI=1S/C24H26BN5O2/c1-16-5-2-3-6-18(16)20-13-22(30-23(28-20)19(25)15-27-30)26-14-17-8-10-29(11-9-17)24(31)21-7-4-12-32-21/h2-6,12-13,15,17,21,26H,7-11,14H2,1H3. The van der Waals surface area contributed by atoms with Crippen molar-refractivity contribution in [1.82, 2.24) is 19.5 Å². The summed E-state index contributed by atoms with van der Waals surface area (Å²) < 4.78 is 7.15. The van der Waals surface area contributed by atoms with Crippen LogP contribution in [0.2, 0.25) is 0 Å². The number of hydrogen-bond acceptors (Lipinski definition) is 5. The highest BCUT2D eigenvalue weighted by atomic mass is 16.5. The zero-order valence-corrected chi connectivity index (χ0v) is 18.2. The molecule has 0 saturated carbocycles. The van der Waals surface area contributed by atoms with Gasteiger partial charge in [-0.05, 0) is 42.8 Å². The molecule has 1 amide bonds. The molecule has 2 aliphatic heterocycles. The average Bonchev–Trinajstić information content (AvgIpc) is 3.48. The number of nitrogens with zero attached hydrogens (tertiary/aromatic N) is 4. The number of carbonyl (C=O) groups is 1. The number of carbonyl (C=O) groups excluding carboxylic acids is 1.